The van der Waals surface area contributed by atoms with Crippen LogP contribution in [0.1, 0.15) is 17.0 Å². The molecule has 2 aromatic carbocycles. The molecule has 1 aromatic heterocycles. The van der Waals surface area contributed by atoms with Crippen molar-refractivity contribution >= 4 is 23.3 Å². The van der Waals surface area contributed by atoms with Gasteiger partial charge in [-0.1, -0.05) is 23.7 Å². The number of para-hydroxylation sites is 1. The number of amides is 2. The van der Waals surface area contributed by atoms with Crippen LogP contribution in [0.2, 0.25) is 5.02 Å². The highest BCUT2D eigenvalue weighted by atomic mass is 35.5. The standard InChI is InChI=1S/C20H17ClF4N4O3/c1-32-18-14(21)3-2-4-16(18)29-13(8-17(28-29)20(23,24)25)9-26-19(31)27-12-6-5-11(10-30)15(22)7-12/h2-8,30H,9-10H2,1H3,(H2,26,27,31). The Morgan fingerprint density at radius 3 is 2.62 bits per heavy atom. The van der Waals surface area contributed by atoms with Crippen molar-refractivity contribution in [2.75, 3.05) is 12.4 Å². The van der Waals surface area contributed by atoms with E-state index in [0.29, 0.717) is 0 Å². The van der Waals surface area contributed by atoms with E-state index < -0.39 is 30.3 Å². The number of aliphatic hydroxyl groups excluding tert-OH is 1. The summed E-state index contributed by atoms with van der Waals surface area (Å²) in [6.07, 6.45) is -4.72. The molecule has 0 aliphatic heterocycles. The summed E-state index contributed by atoms with van der Waals surface area (Å²) in [4.78, 5) is 12.2. The number of carbonyl (C=O) groups excluding carboxylic acids is 1. The summed E-state index contributed by atoms with van der Waals surface area (Å²) in [6.45, 7) is -0.849. The summed E-state index contributed by atoms with van der Waals surface area (Å²) in [5, 5.41) is 17.5. The summed E-state index contributed by atoms with van der Waals surface area (Å²) in [5.74, 6) is -0.609. The Kier molecular flexibility index (Phi) is 6.90. The number of aliphatic hydroxyl groups is 1. The fourth-order valence-corrected chi connectivity index (χ4v) is 3.11. The van der Waals surface area contributed by atoms with Gasteiger partial charge in [-0.25, -0.2) is 13.9 Å². The molecule has 0 radical (unpaired) electrons. The van der Waals surface area contributed by atoms with E-state index in [0.717, 1.165) is 16.8 Å². The number of halogens is 5. The highest BCUT2D eigenvalue weighted by Crippen LogP contribution is 2.34. The monoisotopic (exact) mass is 472 g/mol. The number of aromatic nitrogens is 2. The van der Waals surface area contributed by atoms with Crippen molar-refractivity contribution < 1.29 is 32.2 Å². The van der Waals surface area contributed by atoms with Crippen LogP contribution < -0.4 is 15.4 Å². The summed E-state index contributed by atoms with van der Waals surface area (Å²) in [7, 11) is 1.31. The fraction of sp³-hybridized carbons (Fsp3) is 0.200. The van der Waals surface area contributed by atoms with Gasteiger partial charge >= 0.3 is 12.2 Å². The van der Waals surface area contributed by atoms with Gasteiger partial charge in [0, 0.05) is 11.3 Å². The second kappa shape index (κ2) is 9.45. The second-order valence-electron chi connectivity index (χ2n) is 6.49. The molecule has 0 bridgehead atoms. The van der Waals surface area contributed by atoms with Crippen molar-refractivity contribution in [2.24, 2.45) is 0 Å². The number of methoxy groups -OCH3 is 1. The van der Waals surface area contributed by atoms with E-state index in [4.69, 9.17) is 21.4 Å². The van der Waals surface area contributed by atoms with Crippen molar-refractivity contribution in [3.63, 3.8) is 0 Å². The second-order valence-corrected chi connectivity index (χ2v) is 6.90. The minimum Gasteiger partial charge on any atom is -0.493 e. The molecule has 1 heterocycles. The maximum absolute atomic E-state index is 13.7. The van der Waals surface area contributed by atoms with Crippen molar-refractivity contribution in [2.45, 2.75) is 19.3 Å². The minimum atomic E-state index is -4.72. The molecule has 0 saturated heterocycles. The Morgan fingerprint density at radius 2 is 2.00 bits per heavy atom. The van der Waals surface area contributed by atoms with Crippen LogP contribution in [-0.2, 0) is 19.3 Å². The molecule has 0 atom stereocenters. The van der Waals surface area contributed by atoms with Gasteiger partial charge in [-0.15, -0.1) is 0 Å². The Balaban J connectivity index is 1.84. The quantitative estimate of drug-likeness (QED) is 0.461. The molecule has 3 aromatic rings. The topological polar surface area (TPSA) is 88.4 Å². The van der Waals surface area contributed by atoms with Gasteiger partial charge in [0.25, 0.3) is 0 Å². The van der Waals surface area contributed by atoms with Gasteiger partial charge in [-0.05, 0) is 30.3 Å². The first-order valence-electron chi connectivity index (χ1n) is 9.07. The largest absolute Gasteiger partial charge is 0.493 e. The van der Waals surface area contributed by atoms with Gasteiger partial charge < -0.3 is 20.5 Å². The van der Waals surface area contributed by atoms with Crippen LogP contribution in [0, 0.1) is 5.82 Å². The average molecular weight is 473 g/mol. The van der Waals surface area contributed by atoms with Crippen molar-refractivity contribution in [1.29, 1.82) is 0 Å². The molecular formula is C20H17ClF4N4O3. The lowest BCUT2D eigenvalue weighted by Gasteiger charge is -2.14. The maximum Gasteiger partial charge on any atom is 0.435 e. The van der Waals surface area contributed by atoms with Crippen molar-refractivity contribution in [1.82, 2.24) is 15.1 Å². The number of urea groups is 1. The van der Waals surface area contributed by atoms with Gasteiger partial charge in [0.15, 0.2) is 11.4 Å². The molecule has 0 unspecified atom stereocenters. The normalized spacial score (nSPS) is 11.3. The lowest BCUT2D eigenvalue weighted by atomic mass is 10.2. The summed E-state index contributed by atoms with van der Waals surface area (Å²) < 4.78 is 59.7. The molecule has 7 nitrogen and oxygen atoms in total. The first-order chi connectivity index (χ1) is 15.1. The highest BCUT2D eigenvalue weighted by Gasteiger charge is 2.35. The molecule has 0 spiro atoms. The maximum atomic E-state index is 13.7. The molecule has 2 amide bonds. The molecule has 3 rings (SSSR count). The van der Waals surface area contributed by atoms with E-state index in [1.165, 1.54) is 37.4 Å². The number of benzene rings is 2. The lowest BCUT2D eigenvalue weighted by molar-refractivity contribution is -0.141. The van der Waals surface area contributed by atoms with Crippen LogP contribution in [0.5, 0.6) is 5.75 Å². The minimum absolute atomic E-state index is 0.00477. The number of anilines is 1. The highest BCUT2D eigenvalue weighted by molar-refractivity contribution is 6.32. The third-order valence-electron chi connectivity index (χ3n) is 4.36. The number of nitrogens with one attached hydrogen (secondary N) is 2. The van der Waals surface area contributed by atoms with Crippen LogP contribution >= 0.6 is 11.6 Å². The number of alkyl halides is 3. The molecule has 12 heteroatoms. The van der Waals surface area contributed by atoms with Crippen molar-refractivity contribution in [3.8, 4) is 11.4 Å². The van der Waals surface area contributed by atoms with Gasteiger partial charge in [-0.2, -0.15) is 18.3 Å². The molecule has 32 heavy (non-hydrogen) atoms. The SMILES string of the molecule is COc1c(Cl)cccc1-n1nc(C(F)(F)F)cc1CNC(=O)Nc1ccc(CO)c(F)c1. The van der Waals surface area contributed by atoms with Crippen LogP contribution in [0.25, 0.3) is 5.69 Å². The zero-order chi connectivity index (χ0) is 23.5. The number of hydrogen-bond acceptors (Lipinski definition) is 4. The predicted molar refractivity (Wildman–Crippen MR) is 108 cm³/mol. The first kappa shape index (κ1) is 23.4. The number of ether oxygens (including phenoxy) is 1. The van der Waals surface area contributed by atoms with Gasteiger partial charge in [0.1, 0.15) is 11.5 Å². The average Bonchev–Trinajstić information content (AvgIpc) is 3.17. The Labute approximate surface area is 184 Å². The van der Waals surface area contributed by atoms with Crippen LogP contribution in [0.15, 0.2) is 42.5 Å². The molecule has 0 aliphatic carbocycles. The molecule has 0 aliphatic rings. The number of rotatable bonds is 6. The Bertz CT molecular complexity index is 1130. The third kappa shape index (κ3) is 5.11. The summed E-state index contributed by atoms with van der Waals surface area (Å²) in [6, 6.07) is 8.16. The van der Waals surface area contributed by atoms with Crippen LogP contribution in [0.4, 0.5) is 28.0 Å². The Morgan fingerprint density at radius 1 is 1.25 bits per heavy atom. The zero-order valence-electron chi connectivity index (χ0n) is 16.5. The van der Waals surface area contributed by atoms with Gasteiger partial charge in [0.2, 0.25) is 0 Å². The van der Waals surface area contributed by atoms with Gasteiger partial charge in [-0.3, -0.25) is 0 Å². The smallest absolute Gasteiger partial charge is 0.435 e. The van der Waals surface area contributed by atoms with E-state index in [2.05, 4.69) is 15.7 Å². The molecule has 0 fully saturated rings. The fourth-order valence-electron chi connectivity index (χ4n) is 2.86. The number of carbonyl (C=O) groups is 1. The number of hydrogen-bond donors (Lipinski definition) is 3. The predicted octanol–water partition coefficient (Wildman–Crippen LogP) is 4.51. The zero-order valence-corrected chi connectivity index (χ0v) is 17.3. The van der Waals surface area contributed by atoms with E-state index in [1.54, 1.807) is 0 Å². The molecule has 3 N–H and O–H groups in total. The summed E-state index contributed by atoms with van der Waals surface area (Å²) in [5.41, 5.74) is -0.879. The number of nitrogens with zero attached hydrogens (tertiary/aromatic N) is 2. The van der Waals surface area contributed by atoms with E-state index >= 15 is 0 Å². The van der Waals surface area contributed by atoms with Gasteiger partial charge in [0.05, 0.1) is 31.0 Å². The molecule has 0 saturated carbocycles. The van der Waals surface area contributed by atoms with E-state index in [9.17, 15) is 22.4 Å². The van der Waals surface area contributed by atoms with Crippen LogP contribution in [0.3, 0.4) is 0 Å². The molecule has 170 valence electrons. The third-order valence-corrected chi connectivity index (χ3v) is 4.66. The van der Waals surface area contributed by atoms with E-state index in [-0.39, 0.29) is 39.9 Å². The summed E-state index contributed by atoms with van der Waals surface area (Å²) >= 11 is 6.07. The van der Waals surface area contributed by atoms with E-state index in [1.807, 2.05) is 0 Å². The van der Waals surface area contributed by atoms with Crippen LogP contribution in [-0.4, -0.2) is 28.0 Å². The molecular weight excluding hydrogens is 456 g/mol. The Hall–Kier alpha value is -3.31. The first-order valence-corrected chi connectivity index (χ1v) is 9.45. The lowest BCUT2D eigenvalue weighted by Crippen LogP contribution is -2.29. The van der Waals surface area contributed by atoms with Crippen molar-refractivity contribution in [3.05, 3.63) is 70.3 Å².